The fourth-order valence-electron chi connectivity index (χ4n) is 1.70. The van der Waals surface area contributed by atoms with Gasteiger partial charge in [-0.2, -0.15) is 0 Å². The predicted octanol–water partition coefficient (Wildman–Crippen LogP) is 2.94. The van der Waals surface area contributed by atoms with E-state index >= 15 is 0 Å². The molecule has 0 radical (unpaired) electrons. The average molecular weight is 222 g/mol. The van der Waals surface area contributed by atoms with E-state index in [9.17, 15) is 5.11 Å². The zero-order chi connectivity index (χ0) is 12.3. The van der Waals surface area contributed by atoms with Crippen molar-refractivity contribution >= 4 is 0 Å². The maximum Gasteiger partial charge on any atom is 0.110 e. The molecule has 0 heterocycles. The number of rotatable bonds is 4. The number of hydrogen-bond donors (Lipinski definition) is 1. The quantitative estimate of drug-likeness (QED) is 0.848. The van der Waals surface area contributed by atoms with Crippen molar-refractivity contribution in [2.75, 3.05) is 6.61 Å². The van der Waals surface area contributed by atoms with E-state index in [0.29, 0.717) is 6.61 Å². The van der Waals surface area contributed by atoms with Crippen LogP contribution in [0.25, 0.3) is 0 Å². The zero-order valence-corrected chi connectivity index (χ0v) is 10.9. The summed E-state index contributed by atoms with van der Waals surface area (Å²) in [5.74, 6) is 0. The molecule has 0 spiro atoms. The Hall–Kier alpha value is -0.860. The lowest BCUT2D eigenvalue weighted by Crippen LogP contribution is -2.29. The summed E-state index contributed by atoms with van der Waals surface area (Å²) in [5, 5.41) is 10.4. The van der Waals surface area contributed by atoms with E-state index in [1.165, 1.54) is 11.1 Å². The van der Waals surface area contributed by atoms with Gasteiger partial charge in [0.25, 0.3) is 0 Å². The lowest BCUT2D eigenvalue weighted by atomic mass is 9.93. The van der Waals surface area contributed by atoms with Crippen molar-refractivity contribution < 1.29 is 9.84 Å². The van der Waals surface area contributed by atoms with Crippen LogP contribution >= 0.6 is 0 Å². The van der Waals surface area contributed by atoms with Crippen LogP contribution in [0.15, 0.2) is 18.2 Å². The number of aryl methyl sites for hydroxylation is 2. The molecule has 0 amide bonds. The summed E-state index contributed by atoms with van der Waals surface area (Å²) >= 11 is 0. The highest BCUT2D eigenvalue weighted by Crippen LogP contribution is 2.23. The summed E-state index contributed by atoms with van der Waals surface area (Å²) in [6, 6.07) is 6.12. The Bertz CT molecular complexity index is 334. The second-order valence-electron chi connectivity index (χ2n) is 5.01. The summed E-state index contributed by atoms with van der Waals surface area (Å²) < 4.78 is 5.49. The highest BCUT2D eigenvalue weighted by Gasteiger charge is 2.24. The van der Waals surface area contributed by atoms with Crippen LogP contribution in [0.5, 0.6) is 0 Å². The minimum absolute atomic E-state index is 0.136. The highest BCUT2D eigenvalue weighted by atomic mass is 16.5. The molecule has 0 aliphatic rings. The molecule has 1 rings (SSSR count). The van der Waals surface area contributed by atoms with Gasteiger partial charge in [0.15, 0.2) is 0 Å². The molecule has 1 aromatic carbocycles. The van der Waals surface area contributed by atoms with Gasteiger partial charge in [0.1, 0.15) is 5.60 Å². The fourth-order valence-corrected chi connectivity index (χ4v) is 1.70. The third-order valence-corrected chi connectivity index (χ3v) is 2.54. The molecule has 0 bridgehead atoms. The maximum absolute atomic E-state index is 10.4. The Morgan fingerprint density at radius 3 is 2.12 bits per heavy atom. The molecule has 2 heteroatoms. The maximum atomic E-state index is 10.4. The van der Waals surface area contributed by atoms with Crippen LogP contribution in [0.3, 0.4) is 0 Å². The van der Waals surface area contributed by atoms with Crippen LogP contribution in [0.4, 0.5) is 0 Å². The second kappa shape index (κ2) is 4.98. The van der Waals surface area contributed by atoms with Crippen molar-refractivity contribution in [2.24, 2.45) is 0 Å². The third kappa shape index (κ3) is 3.62. The Balaban J connectivity index is 2.88. The van der Waals surface area contributed by atoms with E-state index in [1.807, 2.05) is 39.8 Å². The monoisotopic (exact) mass is 222 g/mol. The topological polar surface area (TPSA) is 29.5 Å². The summed E-state index contributed by atoms with van der Waals surface area (Å²) in [4.78, 5) is 0. The summed E-state index contributed by atoms with van der Waals surface area (Å²) in [6.07, 6.45) is 0.136. The van der Waals surface area contributed by atoms with Gasteiger partial charge >= 0.3 is 0 Å². The van der Waals surface area contributed by atoms with E-state index in [4.69, 9.17) is 4.74 Å². The average Bonchev–Trinajstić information content (AvgIpc) is 2.13. The Morgan fingerprint density at radius 1 is 1.19 bits per heavy atom. The van der Waals surface area contributed by atoms with Gasteiger partial charge < -0.3 is 9.84 Å². The molecule has 0 aromatic heterocycles. The van der Waals surface area contributed by atoms with Crippen LogP contribution in [0.1, 0.15) is 37.5 Å². The van der Waals surface area contributed by atoms with Crippen LogP contribution in [0.2, 0.25) is 0 Å². The molecule has 1 atom stereocenters. The van der Waals surface area contributed by atoms with E-state index in [-0.39, 0.29) is 6.10 Å². The van der Waals surface area contributed by atoms with E-state index < -0.39 is 5.60 Å². The second-order valence-corrected chi connectivity index (χ2v) is 5.01. The summed E-state index contributed by atoms with van der Waals surface area (Å²) in [6.45, 7) is 10.1. The number of ether oxygens (including phenoxy) is 1. The van der Waals surface area contributed by atoms with Gasteiger partial charge in [0, 0.05) is 0 Å². The van der Waals surface area contributed by atoms with Crippen LogP contribution in [-0.2, 0) is 10.3 Å². The first-order valence-electron chi connectivity index (χ1n) is 5.74. The predicted molar refractivity (Wildman–Crippen MR) is 66.6 cm³/mol. The standard InChI is InChI=1S/C14H22O2/c1-10(2)16-9-14(5,15)13-7-11(3)6-12(4)8-13/h6-8,10,15H,9H2,1-5H3. The van der Waals surface area contributed by atoms with E-state index in [1.54, 1.807) is 6.92 Å². The van der Waals surface area contributed by atoms with Crippen molar-refractivity contribution in [2.45, 2.75) is 46.3 Å². The number of aliphatic hydroxyl groups is 1. The van der Waals surface area contributed by atoms with E-state index in [2.05, 4.69) is 6.07 Å². The first kappa shape index (κ1) is 13.2. The van der Waals surface area contributed by atoms with Crippen molar-refractivity contribution in [1.29, 1.82) is 0 Å². The van der Waals surface area contributed by atoms with Gasteiger partial charge in [-0.15, -0.1) is 0 Å². The Labute approximate surface area is 98.3 Å². The molecule has 0 fully saturated rings. The molecule has 0 aliphatic heterocycles. The molecule has 1 N–H and O–H groups in total. The molecule has 2 nitrogen and oxygen atoms in total. The minimum Gasteiger partial charge on any atom is -0.383 e. The zero-order valence-electron chi connectivity index (χ0n) is 10.9. The SMILES string of the molecule is Cc1cc(C)cc(C(C)(O)COC(C)C)c1. The molecule has 90 valence electrons. The number of hydrogen-bond acceptors (Lipinski definition) is 2. The molecule has 0 saturated carbocycles. The Morgan fingerprint density at radius 2 is 1.69 bits per heavy atom. The third-order valence-electron chi connectivity index (χ3n) is 2.54. The summed E-state index contributed by atoms with van der Waals surface area (Å²) in [5.41, 5.74) is 2.34. The van der Waals surface area contributed by atoms with Crippen molar-refractivity contribution in [3.63, 3.8) is 0 Å². The first-order chi connectivity index (χ1) is 7.31. The lowest BCUT2D eigenvalue weighted by molar-refractivity contribution is -0.0575. The van der Waals surface area contributed by atoms with Gasteiger partial charge in [-0.1, -0.05) is 29.3 Å². The number of benzene rings is 1. The van der Waals surface area contributed by atoms with Crippen molar-refractivity contribution in [3.8, 4) is 0 Å². The molecular formula is C14H22O2. The normalized spacial score (nSPS) is 15.2. The Kier molecular flexibility index (Phi) is 4.11. The van der Waals surface area contributed by atoms with Crippen molar-refractivity contribution in [3.05, 3.63) is 34.9 Å². The molecule has 1 aromatic rings. The van der Waals surface area contributed by atoms with Crippen LogP contribution in [-0.4, -0.2) is 17.8 Å². The smallest absolute Gasteiger partial charge is 0.110 e. The van der Waals surface area contributed by atoms with Crippen LogP contribution in [0, 0.1) is 13.8 Å². The lowest BCUT2D eigenvalue weighted by Gasteiger charge is -2.25. The van der Waals surface area contributed by atoms with Gasteiger partial charge in [0.2, 0.25) is 0 Å². The molecule has 16 heavy (non-hydrogen) atoms. The fraction of sp³-hybridized carbons (Fsp3) is 0.571. The minimum atomic E-state index is -0.916. The van der Waals surface area contributed by atoms with Gasteiger partial charge in [-0.3, -0.25) is 0 Å². The highest BCUT2D eigenvalue weighted by molar-refractivity contribution is 5.32. The molecule has 0 aliphatic carbocycles. The molecule has 0 saturated heterocycles. The van der Waals surface area contributed by atoms with Crippen molar-refractivity contribution in [1.82, 2.24) is 0 Å². The molecule has 1 unspecified atom stereocenters. The van der Waals surface area contributed by atoms with E-state index in [0.717, 1.165) is 5.56 Å². The van der Waals surface area contributed by atoms with Gasteiger partial charge in [-0.25, -0.2) is 0 Å². The van der Waals surface area contributed by atoms with Crippen LogP contribution < -0.4 is 0 Å². The van der Waals surface area contributed by atoms with Gasteiger partial charge in [-0.05, 0) is 40.2 Å². The largest absolute Gasteiger partial charge is 0.383 e. The first-order valence-corrected chi connectivity index (χ1v) is 5.74. The van der Waals surface area contributed by atoms with Gasteiger partial charge in [0.05, 0.1) is 12.7 Å². The molecular weight excluding hydrogens is 200 g/mol. The summed E-state index contributed by atoms with van der Waals surface area (Å²) in [7, 11) is 0.